The Morgan fingerprint density at radius 3 is 2.80 bits per heavy atom. The van der Waals surface area contributed by atoms with Crippen LogP contribution in [0.25, 0.3) is 5.52 Å². The van der Waals surface area contributed by atoms with Gasteiger partial charge in [0.2, 0.25) is 0 Å². The molecule has 3 aromatic rings. The number of nitrogens with zero attached hydrogens (tertiary/aromatic N) is 2. The number of ether oxygens (including phenoxy) is 1. The lowest BCUT2D eigenvalue weighted by atomic mass is 9.99. The summed E-state index contributed by atoms with van der Waals surface area (Å²) in [6.45, 7) is 6.20. The highest BCUT2D eigenvalue weighted by atomic mass is 19.2. The lowest BCUT2D eigenvalue weighted by molar-refractivity contribution is 0.0881. The number of hydrogen-bond donors (Lipinski definition) is 3. The minimum atomic E-state index is -1.21. The monoisotopic (exact) mass is 416 g/mol. The first-order valence-corrected chi connectivity index (χ1v) is 9.09. The number of amides is 1. The molecule has 0 saturated heterocycles. The van der Waals surface area contributed by atoms with Gasteiger partial charge < -0.3 is 20.9 Å². The van der Waals surface area contributed by atoms with Gasteiger partial charge in [0.15, 0.2) is 11.6 Å². The third-order valence-corrected chi connectivity index (χ3v) is 4.85. The van der Waals surface area contributed by atoms with Crippen LogP contribution in [0.3, 0.4) is 0 Å². The van der Waals surface area contributed by atoms with Crippen molar-refractivity contribution < 1.29 is 23.4 Å². The molecule has 30 heavy (non-hydrogen) atoms. The van der Waals surface area contributed by atoms with Crippen LogP contribution in [0.4, 0.5) is 8.78 Å². The van der Waals surface area contributed by atoms with Crippen LogP contribution in [0.15, 0.2) is 48.8 Å². The fourth-order valence-corrected chi connectivity index (χ4v) is 2.87. The first kappa shape index (κ1) is 21.3. The molecule has 0 radical (unpaired) electrons. The first-order valence-electron chi connectivity index (χ1n) is 9.09. The highest BCUT2D eigenvalue weighted by Crippen LogP contribution is 2.23. The molecule has 0 saturated carbocycles. The number of pyridine rings is 1. The number of aryl methyl sites for hydroxylation is 1. The normalized spacial score (nSPS) is 13.1. The number of benzene rings is 1. The smallest absolute Gasteiger partial charge is 0.256 e. The predicted molar refractivity (Wildman–Crippen MR) is 107 cm³/mol. The molecule has 1 amide bonds. The molecule has 3 rings (SSSR count). The Labute approximate surface area is 171 Å². The number of hydrogen-bond acceptors (Lipinski definition) is 5. The highest BCUT2D eigenvalue weighted by Gasteiger charge is 2.30. The summed E-state index contributed by atoms with van der Waals surface area (Å²) in [6.07, 6.45) is 1.59. The Bertz CT molecular complexity index is 1130. The molecule has 1 unspecified atom stereocenters. The van der Waals surface area contributed by atoms with Crippen molar-refractivity contribution in [3.05, 3.63) is 77.3 Å². The third-order valence-electron chi connectivity index (χ3n) is 4.85. The van der Waals surface area contributed by atoms with Crippen LogP contribution < -0.4 is 15.8 Å². The first-order chi connectivity index (χ1) is 14.2. The maximum atomic E-state index is 13.8. The van der Waals surface area contributed by atoms with Gasteiger partial charge in [-0.2, -0.15) is 5.10 Å². The van der Waals surface area contributed by atoms with Gasteiger partial charge in [-0.1, -0.05) is 18.7 Å². The Morgan fingerprint density at radius 1 is 1.40 bits per heavy atom. The van der Waals surface area contributed by atoms with E-state index in [-0.39, 0.29) is 23.4 Å². The molecule has 0 spiro atoms. The molecule has 0 aliphatic heterocycles. The molecule has 0 fully saturated rings. The number of carbonyl (C=O) groups excluding carboxylic acids is 1. The van der Waals surface area contributed by atoms with Crippen molar-refractivity contribution in [1.82, 2.24) is 14.9 Å². The zero-order valence-electron chi connectivity index (χ0n) is 16.6. The summed E-state index contributed by atoms with van der Waals surface area (Å²) in [7, 11) is 0. The van der Waals surface area contributed by atoms with Gasteiger partial charge in [-0.25, -0.2) is 13.3 Å². The molecule has 1 atom stereocenters. The third kappa shape index (κ3) is 3.97. The van der Waals surface area contributed by atoms with Crippen LogP contribution in [-0.2, 0) is 6.61 Å². The van der Waals surface area contributed by atoms with E-state index in [1.807, 2.05) is 0 Å². The zero-order valence-corrected chi connectivity index (χ0v) is 16.6. The fourth-order valence-electron chi connectivity index (χ4n) is 2.87. The second-order valence-electron chi connectivity index (χ2n) is 7.12. The number of rotatable bonds is 7. The summed E-state index contributed by atoms with van der Waals surface area (Å²) in [5.41, 5.74) is 5.82. The molecule has 0 bridgehead atoms. The van der Waals surface area contributed by atoms with Crippen molar-refractivity contribution in [2.24, 2.45) is 5.73 Å². The van der Waals surface area contributed by atoms with Crippen LogP contribution in [0.2, 0.25) is 0 Å². The van der Waals surface area contributed by atoms with E-state index in [4.69, 9.17) is 10.5 Å². The Morgan fingerprint density at radius 2 is 2.13 bits per heavy atom. The Hall–Kier alpha value is -3.46. The van der Waals surface area contributed by atoms with Crippen LogP contribution in [0, 0.1) is 18.6 Å². The van der Waals surface area contributed by atoms with E-state index in [1.54, 1.807) is 32.2 Å². The molecule has 7 nitrogen and oxygen atoms in total. The number of carbonyl (C=O) groups is 1. The molecule has 0 aliphatic carbocycles. The number of halogens is 2. The largest absolute Gasteiger partial charge is 0.489 e. The summed E-state index contributed by atoms with van der Waals surface area (Å²) in [5, 5.41) is 16.6. The topological polar surface area (TPSA) is 102 Å². The van der Waals surface area contributed by atoms with Crippen LogP contribution in [0.5, 0.6) is 5.75 Å². The molecule has 0 aliphatic rings. The van der Waals surface area contributed by atoms with Gasteiger partial charge in [0.25, 0.3) is 5.91 Å². The van der Waals surface area contributed by atoms with Crippen molar-refractivity contribution in [2.75, 3.05) is 6.61 Å². The second kappa shape index (κ2) is 8.11. The van der Waals surface area contributed by atoms with E-state index in [0.717, 1.165) is 6.07 Å². The summed E-state index contributed by atoms with van der Waals surface area (Å²) in [4.78, 5) is 12.9. The maximum absolute atomic E-state index is 13.8. The Kier molecular flexibility index (Phi) is 5.75. The minimum Gasteiger partial charge on any atom is -0.489 e. The maximum Gasteiger partial charge on any atom is 0.256 e. The van der Waals surface area contributed by atoms with Crippen molar-refractivity contribution in [3.8, 4) is 5.75 Å². The molecule has 1 aromatic carbocycles. The predicted octanol–water partition coefficient (Wildman–Crippen LogP) is 2.45. The number of aliphatic hydroxyl groups is 1. The van der Waals surface area contributed by atoms with E-state index >= 15 is 0 Å². The standard InChI is InChI=1S/C21H22F2N4O3/c1-12-18(20(29)25-21(3,11-28)13(2)24)17-9-15(7-8-27(17)26-12)30-10-14-5-4-6-16(22)19(14)23/h4-9,28H,2,10-11,24H2,1,3H3,(H,25,29). The van der Waals surface area contributed by atoms with Crippen LogP contribution in [0.1, 0.15) is 28.5 Å². The number of fused-ring (bicyclic) bond motifs is 1. The summed E-state index contributed by atoms with van der Waals surface area (Å²) in [6, 6.07) is 7.01. The average molecular weight is 416 g/mol. The second-order valence-corrected chi connectivity index (χ2v) is 7.12. The van der Waals surface area contributed by atoms with E-state index in [1.165, 1.54) is 16.6 Å². The highest BCUT2D eigenvalue weighted by molar-refractivity contribution is 6.02. The Balaban J connectivity index is 1.90. The average Bonchev–Trinajstić information content (AvgIpc) is 3.03. The van der Waals surface area contributed by atoms with Gasteiger partial charge in [0.05, 0.1) is 28.9 Å². The van der Waals surface area contributed by atoms with E-state index in [2.05, 4.69) is 17.0 Å². The van der Waals surface area contributed by atoms with Gasteiger partial charge in [-0.05, 0) is 26.0 Å². The van der Waals surface area contributed by atoms with Crippen LogP contribution in [-0.4, -0.2) is 32.8 Å². The van der Waals surface area contributed by atoms with Gasteiger partial charge in [-0.3, -0.25) is 4.79 Å². The van der Waals surface area contributed by atoms with E-state index in [9.17, 15) is 18.7 Å². The molecule has 9 heteroatoms. The summed E-state index contributed by atoms with van der Waals surface area (Å²) >= 11 is 0. The minimum absolute atomic E-state index is 0.0673. The molecule has 158 valence electrons. The van der Waals surface area contributed by atoms with Gasteiger partial charge in [0, 0.05) is 23.5 Å². The molecular weight excluding hydrogens is 394 g/mol. The molecule has 2 heterocycles. The number of nitrogens with one attached hydrogen (secondary N) is 1. The fraction of sp³-hybridized carbons (Fsp3) is 0.238. The zero-order chi connectivity index (χ0) is 22.1. The van der Waals surface area contributed by atoms with Gasteiger partial charge >= 0.3 is 0 Å². The lowest BCUT2D eigenvalue weighted by Gasteiger charge is -2.28. The van der Waals surface area contributed by atoms with E-state index in [0.29, 0.717) is 17.0 Å². The van der Waals surface area contributed by atoms with Crippen molar-refractivity contribution >= 4 is 11.4 Å². The SMILES string of the molecule is C=C(N)C(C)(CO)NC(=O)c1c(C)nn2ccc(OCc3cccc(F)c3F)cc12. The lowest BCUT2D eigenvalue weighted by Crippen LogP contribution is -2.52. The quantitative estimate of drug-likeness (QED) is 0.549. The van der Waals surface area contributed by atoms with Gasteiger partial charge in [-0.15, -0.1) is 0 Å². The van der Waals surface area contributed by atoms with Crippen molar-refractivity contribution in [2.45, 2.75) is 26.0 Å². The van der Waals surface area contributed by atoms with E-state index < -0.39 is 29.7 Å². The summed E-state index contributed by atoms with van der Waals surface area (Å²) < 4.78 is 34.3. The summed E-state index contributed by atoms with van der Waals surface area (Å²) in [5.74, 6) is -2.08. The molecule has 4 N–H and O–H groups in total. The number of aromatic nitrogens is 2. The molecule has 2 aromatic heterocycles. The number of nitrogens with two attached hydrogens (primary N) is 1. The molecular formula is C21H22F2N4O3. The van der Waals surface area contributed by atoms with Crippen molar-refractivity contribution in [3.63, 3.8) is 0 Å². The number of aliphatic hydroxyl groups excluding tert-OH is 1. The van der Waals surface area contributed by atoms with Crippen molar-refractivity contribution in [1.29, 1.82) is 0 Å². The van der Waals surface area contributed by atoms with Gasteiger partial charge in [0.1, 0.15) is 12.4 Å². The van der Waals surface area contributed by atoms with Crippen LogP contribution >= 0.6 is 0 Å².